The van der Waals surface area contributed by atoms with Gasteiger partial charge < -0.3 is 9.32 Å². The first-order valence-electron chi connectivity index (χ1n) is 7.43. The zero-order chi connectivity index (χ0) is 16.2. The van der Waals surface area contributed by atoms with Crippen LogP contribution in [0.4, 0.5) is 4.39 Å². The molecule has 1 amide bonds. The van der Waals surface area contributed by atoms with Gasteiger partial charge in [0.25, 0.3) is 5.22 Å². The molecule has 1 heterocycles. The smallest absolute Gasteiger partial charge is 0.256 e. The minimum atomic E-state index is -0.294. The van der Waals surface area contributed by atoms with Gasteiger partial charge in [-0.1, -0.05) is 17.8 Å². The van der Waals surface area contributed by atoms with E-state index in [9.17, 15) is 9.18 Å². The van der Waals surface area contributed by atoms with E-state index in [1.54, 1.807) is 30.3 Å². The third kappa shape index (κ3) is 3.82. The maximum absolute atomic E-state index is 12.9. The van der Waals surface area contributed by atoms with Crippen LogP contribution < -0.4 is 0 Å². The molecule has 0 atom stereocenters. The molecule has 1 aromatic carbocycles. The van der Waals surface area contributed by atoms with Crippen molar-refractivity contribution in [2.75, 3.05) is 12.8 Å². The molecule has 0 fully saturated rings. The van der Waals surface area contributed by atoms with Crippen molar-refractivity contribution in [3.8, 4) is 11.3 Å². The number of hydrogen-bond donors (Lipinski definition) is 0. The molecule has 1 aliphatic carbocycles. The van der Waals surface area contributed by atoms with E-state index in [4.69, 9.17) is 4.42 Å². The van der Waals surface area contributed by atoms with Crippen LogP contribution in [-0.4, -0.2) is 28.6 Å². The molecule has 1 aliphatic rings. The van der Waals surface area contributed by atoms with E-state index in [1.165, 1.54) is 23.9 Å². The lowest BCUT2D eigenvalue weighted by atomic mass is 10.2. The van der Waals surface area contributed by atoms with Gasteiger partial charge in [0, 0.05) is 18.3 Å². The molecule has 0 spiro atoms. The van der Waals surface area contributed by atoms with E-state index >= 15 is 0 Å². The summed E-state index contributed by atoms with van der Waals surface area (Å²) >= 11 is 1.26. The second-order valence-corrected chi connectivity index (χ2v) is 6.25. The fraction of sp³-hybridized carbons (Fsp3) is 0.294. The summed E-state index contributed by atoms with van der Waals surface area (Å²) in [5, 5.41) is 0.437. The van der Waals surface area contributed by atoms with Crippen LogP contribution in [0.15, 0.2) is 51.9 Å². The molecule has 0 unspecified atom stereocenters. The highest BCUT2D eigenvalue weighted by Crippen LogP contribution is 2.26. The lowest BCUT2D eigenvalue weighted by Crippen LogP contribution is -2.26. The molecule has 4 nitrogen and oxygen atoms in total. The Bertz CT molecular complexity index is 724. The zero-order valence-electron chi connectivity index (χ0n) is 12.8. The van der Waals surface area contributed by atoms with Gasteiger partial charge in [-0.2, -0.15) is 0 Å². The van der Waals surface area contributed by atoms with Crippen LogP contribution in [0.1, 0.15) is 19.3 Å². The number of thioether (sulfide) groups is 1. The SMILES string of the molecule is CN(C(=O)CSc1ncc(-c2ccc(F)cc2)o1)C1=CCCC1. The normalized spacial score (nSPS) is 13.9. The number of aromatic nitrogens is 1. The van der Waals surface area contributed by atoms with Crippen molar-refractivity contribution in [3.05, 3.63) is 48.1 Å². The molecule has 0 aliphatic heterocycles. The summed E-state index contributed by atoms with van der Waals surface area (Å²) in [6.07, 6.45) is 6.81. The first-order valence-corrected chi connectivity index (χ1v) is 8.42. The van der Waals surface area contributed by atoms with Crippen molar-refractivity contribution < 1.29 is 13.6 Å². The summed E-state index contributed by atoms with van der Waals surface area (Å²) < 4.78 is 18.5. The second-order valence-electron chi connectivity index (χ2n) is 5.33. The van der Waals surface area contributed by atoms with E-state index in [-0.39, 0.29) is 17.5 Å². The minimum absolute atomic E-state index is 0.0321. The lowest BCUT2D eigenvalue weighted by molar-refractivity contribution is -0.125. The maximum atomic E-state index is 12.9. The summed E-state index contributed by atoms with van der Waals surface area (Å²) in [6, 6.07) is 6.02. The number of carbonyl (C=O) groups is 1. The molecule has 0 radical (unpaired) electrons. The number of oxazole rings is 1. The number of allylic oxidation sites excluding steroid dienone is 2. The van der Waals surface area contributed by atoms with Gasteiger partial charge in [0.15, 0.2) is 5.76 Å². The van der Waals surface area contributed by atoms with E-state index in [0.717, 1.165) is 30.5 Å². The number of rotatable bonds is 5. The first kappa shape index (κ1) is 15.8. The lowest BCUT2D eigenvalue weighted by Gasteiger charge is -2.17. The second kappa shape index (κ2) is 7.00. The Morgan fingerprint density at radius 2 is 2.17 bits per heavy atom. The number of nitrogens with zero attached hydrogens (tertiary/aromatic N) is 2. The largest absolute Gasteiger partial charge is 0.431 e. The van der Waals surface area contributed by atoms with Crippen molar-refractivity contribution >= 4 is 17.7 Å². The molecular formula is C17H17FN2O2S. The van der Waals surface area contributed by atoms with Crippen LogP contribution in [0.25, 0.3) is 11.3 Å². The molecule has 3 rings (SSSR count). The third-order valence-electron chi connectivity index (χ3n) is 3.75. The van der Waals surface area contributed by atoms with Crippen LogP contribution in [0.2, 0.25) is 0 Å². The fourth-order valence-corrected chi connectivity index (χ4v) is 3.13. The summed E-state index contributed by atoms with van der Waals surface area (Å²) in [4.78, 5) is 18.0. The van der Waals surface area contributed by atoms with Crippen LogP contribution in [0.3, 0.4) is 0 Å². The monoisotopic (exact) mass is 332 g/mol. The predicted octanol–water partition coefficient (Wildman–Crippen LogP) is 4.10. The van der Waals surface area contributed by atoms with Crippen molar-refractivity contribution in [1.29, 1.82) is 0 Å². The predicted molar refractivity (Wildman–Crippen MR) is 87.3 cm³/mol. The van der Waals surface area contributed by atoms with E-state index in [2.05, 4.69) is 11.1 Å². The quantitative estimate of drug-likeness (QED) is 0.774. The van der Waals surface area contributed by atoms with Gasteiger partial charge in [-0.3, -0.25) is 4.79 Å². The Balaban J connectivity index is 1.58. The number of hydrogen-bond acceptors (Lipinski definition) is 4. The molecule has 6 heteroatoms. The molecular weight excluding hydrogens is 315 g/mol. The molecule has 0 saturated carbocycles. The van der Waals surface area contributed by atoms with Crippen molar-refractivity contribution in [3.63, 3.8) is 0 Å². The first-order chi connectivity index (χ1) is 11.1. The van der Waals surface area contributed by atoms with Gasteiger partial charge in [-0.05, 0) is 43.5 Å². The third-order valence-corrected chi connectivity index (χ3v) is 4.58. The summed E-state index contributed by atoms with van der Waals surface area (Å²) in [5.74, 6) is 0.575. The van der Waals surface area contributed by atoms with Gasteiger partial charge >= 0.3 is 0 Å². The summed E-state index contributed by atoms with van der Waals surface area (Å²) in [5.41, 5.74) is 1.85. The highest BCUT2D eigenvalue weighted by Gasteiger charge is 2.17. The Labute approximate surface area is 138 Å². The molecule has 0 saturated heterocycles. The molecule has 0 bridgehead atoms. The van der Waals surface area contributed by atoms with Crippen molar-refractivity contribution in [2.45, 2.75) is 24.5 Å². The number of halogens is 1. The van der Waals surface area contributed by atoms with E-state index in [1.807, 2.05) is 0 Å². The van der Waals surface area contributed by atoms with Crippen molar-refractivity contribution in [2.24, 2.45) is 0 Å². The average molecular weight is 332 g/mol. The molecule has 1 aromatic heterocycles. The van der Waals surface area contributed by atoms with Gasteiger partial charge in [-0.15, -0.1) is 0 Å². The molecule has 2 aromatic rings. The number of benzene rings is 1. The van der Waals surface area contributed by atoms with Crippen LogP contribution in [-0.2, 0) is 4.79 Å². The summed E-state index contributed by atoms with van der Waals surface area (Å²) in [6.45, 7) is 0. The average Bonchev–Trinajstić information content (AvgIpc) is 3.24. The summed E-state index contributed by atoms with van der Waals surface area (Å²) in [7, 11) is 1.81. The van der Waals surface area contributed by atoms with Gasteiger partial charge in [0.2, 0.25) is 5.91 Å². The Morgan fingerprint density at radius 3 is 2.87 bits per heavy atom. The Kier molecular flexibility index (Phi) is 4.81. The van der Waals surface area contributed by atoms with Crippen molar-refractivity contribution in [1.82, 2.24) is 9.88 Å². The molecule has 0 N–H and O–H groups in total. The highest BCUT2D eigenvalue weighted by molar-refractivity contribution is 7.99. The van der Waals surface area contributed by atoms with Crippen LogP contribution >= 0.6 is 11.8 Å². The Hall–Kier alpha value is -2.08. The number of carbonyl (C=O) groups excluding carboxylic acids is 1. The molecule has 120 valence electrons. The van der Waals surface area contributed by atoms with Crippen LogP contribution in [0, 0.1) is 5.82 Å². The maximum Gasteiger partial charge on any atom is 0.256 e. The van der Waals surface area contributed by atoms with Gasteiger partial charge in [-0.25, -0.2) is 9.37 Å². The Morgan fingerprint density at radius 1 is 1.39 bits per heavy atom. The number of amides is 1. The van der Waals surface area contributed by atoms with E-state index < -0.39 is 0 Å². The van der Waals surface area contributed by atoms with Crippen LogP contribution in [0.5, 0.6) is 0 Å². The van der Waals surface area contributed by atoms with Gasteiger partial charge in [0.05, 0.1) is 11.9 Å². The fourth-order valence-electron chi connectivity index (χ4n) is 2.41. The molecule has 23 heavy (non-hydrogen) atoms. The zero-order valence-corrected chi connectivity index (χ0v) is 13.6. The highest BCUT2D eigenvalue weighted by atomic mass is 32.2. The standard InChI is InChI=1S/C17H17FN2O2S/c1-20(14-4-2-3-5-14)16(21)11-23-17-19-10-15(22-17)12-6-8-13(18)9-7-12/h4,6-10H,2-3,5,11H2,1H3. The topological polar surface area (TPSA) is 46.3 Å². The van der Waals surface area contributed by atoms with Gasteiger partial charge in [0.1, 0.15) is 5.82 Å². The minimum Gasteiger partial charge on any atom is -0.431 e. The van der Waals surface area contributed by atoms with E-state index in [0.29, 0.717) is 11.0 Å².